The molecule has 0 fully saturated rings. The van der Waals surface area contributed by atoms with Crippen LogP contribution in [0.25, 0.3) is 21.8 Å². The van der Waals surface area contributed by atoms with Crippen LogP contribution in [0, 0.1) is 0 Å². The zero-order chi connectivity index (χ0) is 15.0. The van der Waals surface area contributed by atoms with Crippen LogP contribution in [0.5, 0.6) is 0 Å². The van der Waals surface area contributed by atoms with E-state index in [0.29, 0.717) is 6.54 Å². The van der Waals surface area contributed by atoms with Gasteiger partial charge in [0.1, 0.15) is 0 Å². The highest BCUT2D eigenvalue weighted by Crippen LogP contribution is 2.32. The van der Waals surface area contributed by atoms with Crippen LogP contribution >= 0.6 is 0 Å². The summed E-state index contributed by atoms with van der Waals surface area (Å²) in [6.45, 7) is 7.40. The van der Waals surface area contributed by atoms with Crippen LogP contribution < -0.4 is 4.90 Å². The summed E-state index contributed by atoms with van der Waals surface area (Å²) in [6.07, 6.45) is 0. The molecule has 0 aliphatic rings. The Kier molecular flexibility index (Phi) is 3.42. The molecule has 3 aromatic rings. The van der Waals surface area contributed by atoms with Crippen LogP contribution in [0.1, 0.15) is 20.8 Å². The number of hydrogen-bond donors (Lipinski definition) is 0. The second kappa shape index (κ2) is 5.24. The van der Waals surface area contributed by atoms with Crippen LogP contribution in [0.4, 0.5) is 5.69 Å². The van der Waals surface area contributed by atoms with Crippen molar-refractivity contribution in [2.75, 3.05) is 11.4 Å². The van der Waals surface area contributed by atoms with Gasteiger partial charge in [0.05, 0.1) is 0 Å². The summed E-state index contributed by atoms with van der Waals surface area (Å²) in [4.78, 5) is 13.6. The Hall–Kier alpha value is -2.29. The quantitative estimate of drug-likeness (QED) is 0.706. The average molecular weight is 280 g/mol. The minimum Gasteiger partial charge on any atom is -0.341 e. The molecular formula is C18H20N2O. The van der Waals surface area contributed by atoms with Crippen molar-refractivity contribution in [3.63, 3.8) is 0 Å². The minimum atomic E-state index is 0.0797. The van der Waals surface area contributed by atoms with Gasteiger partial charge in [-0.2, -0.15) is 0 Å². The molecule has 3 heteroatoms. The van der Waals surface area contributed by atoms with E-state index in [0.717, 1.165) is 12.2 Å². The van der Waals surface area contributed by atoms with E-state index < -0.39 is 0 Å². The molecule has 3 rings (SSSR count). The smallest absolute Gasteiger partial charge is 0.223 e. The molecule has 1 heterocycles. The number of rotatable bonds is 3. The monoisotopic (exact) mass is 280 g/mol. The molecule has 1 amide bonds. The van der Waals surface area contributed by atoms with E-state index in [1.807, 2.05) is 13.0 Å². The number of nitrogens with zero attached hydrogens (tertiary/aromatic N) is 2. The van der Waals surface area contributed by atoms with Gasteiger partial charge < -0.3 is 9.47 Å². The Morgan fingerprint density at radius 3 is 2.43 bits per heavy atom. The van der Waals surface area contributed by atoms with E-state index >= 15 is 0 Å². The largest absolute Gasteiger partial charge is 0.341 e. The first kappa shape index (κ1) is 13.7. The Bertz CT molecular complexity index is 817. The highest BCUT2D eigenvalue weighted by Gasteiger charge is 2.13. The molecule has 0 aliphatic carbocycles. The standard InChI is InChI=1S/C18H20N2O/c1-4-19(13(3)21)14-10-11-18-16(12-14)15-8-6-7-9-17(15)20(18)5-2/h6-12H,4-5H2,1-3H3. The fourth-order valence-corrected chi connectivity index (χ4v) is 3.14. The van der Waals surface area contributed by atoms with Crippen LogP contribution in [0.2, 0.25) is 0 Å². The number of aryl methyl sites for hydroxylation is 1. The third-order valence-corrected chi connectivity index (χ3v) is 4.08. The number of para-hydroxylation sites is 1. The normalized spacial score (nSPS) is 11.2. The number of fused-ring (bicyclic) bond motifs is 3. The first-order valence-electron chi connectivity index (χ1n) is 7.46. The fourth-order valence-electron chi connectivity index (χ4n) is 3.14. The lowest BCUT2D eigenvalue weighted by molar-refractivity contribution is -0.116. The molecule has 108 valence electrons. The molecule has 1 aromatic heterocycles. The zero-order valence-corrected chi connectivity index (χ0v) is 12.8. The highest BCUT2D eigenvalue weighted by atomic mass is 16.2. The molecule has 0 saturated heterocycles. The van der Waals surface area contributed by atoms with Gasteiger partial charge in [-0.1, -0.05) is 18.2 Å². The van der Waals surface area contributed by atoms with Crippen molar-refractivity contribution in [1.82, 2.24) is 4.57 Å². The lowest BCUT2D eigenvalue weighted by Crippen LogP contribution is -2.27. The van der Waals surface area contributed by atoms with Gasteiger partial charge in [0.2, 0.25) is 5.91 Å². The van der Waals surface area contributed by atoms with Crippen LogP contribution in [-0.2, 0) is 11.3 Å². The van der Waals surface area contributed by atoms with Crippen LogP contribution in [0.3, 0.4) is 0 Å². The third kappa shape index (κ3) is 2.09. The number of hydrogen-bond acceptors (Lipinski definition) is 1. The van der Waals surface area contributed by atoms with Gasteiger partial charge in [0.25, 0.3) is 0 Å². The fraction of sp³-hybridized carbons (Fsp3) is 0.278. The summed E-state index contributed by atoms with van der Waals surface area (Å²) >= 11 is 0. The maximum absolute atomic E-state index is 11.8. The Morgan fingerprint density at radius 1 is 1.05 bits per heavy atom. The lowest BCUT2D eigenvalue weighted by Gasteiger charge is -2.19. The van der Waals surface area contributed by atoms with Crippen LogP contribution in [0.15, 0.2) is 42.5 Å². The molecule has 0 bridgehead atoms. The molecule has 0 radical (unpaired) electrons. The molecule has 0 atom stereocenters. The van der Waals surface area contributed by atoms with Gasteiger partial charge in [-0.05, 0) is 38.1 Å². The minimum absolute atomic E-state index is 0.0797. The summed E-state index contributed by atoms with van der Waals surface area (Å²) in [6, 6.07) is 14.7. The molecule has 0 spiro atoms. The first-order valence-corrected chi connectivity index (χ1v) is 7.46. The van der Waals surface area contributed by atoms with E-state index in [2.05, 4.69) is 47.9 Å². The summed E-state index contributed by atoms with van der Waals surface area (Å²) in [5.74, 6) is 0.0797. The molecular weight excluding hydrogens is 260 g/mol. The van der Waals surface area contributed by atoms with Gasteiger partial charge in [-0.15, -0.1) is 0 Å². The number of anilines is 1. The summed E-state index contributed by atoms with van der Waals surface area (Å²) in [5.41, 5.74) is 3.44. The maximum Gasteiger partial charge on any atom is 0.223 e. The second-order valence-corrected chi connectivity index (χ2v) is 5.23. The topological polar surface area (TPSA) is 25.2 Å². The molecule has 21 heavy (non-hydrogen) atoms. The third-order valence-electron chi connectivity index (χ3n) is 4.08. The molecule has 0 aliphatic heterocycles. The van der Waals surface area contributed by atoms with Crippen molar-refractivity contribution in [1.29, 1.82) is 0 Å². The molecule has 3 nitrogen and oxygen atoms in total. The van der Waals surface area contributed by atoms with E-state index in [-0.39, 0.29) is 5.91 Å². The van der Waals surface area contributed by atoms with Gasteiger partial charge in [0.15, 0.2) is 0 Å². The zero-order valence-electron chi connectivity index (χ0n) is 12.8. The number of amides is 1. The molecule has 0 saturated carbocycles. The highest BCUT2D eigenvalue weighted by molar-refractivity contribution is 6.09. The first-order chi connectivity index (χ1) is 10.2. The summed E-state index contributed by atoms with van der Waals surface area (Å²) < 4.78 is 2.32. The van der Waals surface area contributed by atoms with E-state index in [1.54, 1.807) is 11.8 Å². The number of benzene rings is 2. The predicted molar refractivity (Wildman–Crippen MR) is 88.8 cm³/mol. The predicted octanol–water partition coefficient (Wildman–Crippen LogP) is 4.19. The lowest BCUT2D eigenvalue weighted by atomic mass is 10.1. The van der Waals surface area contributed by atoms with Crippen LogP contribution in [-0.4, -0.2) is 17.0 Å². The molecule has 2 aromatic carbocycles. The SMILES string of the molecule is CCN(C(C)=O)c1ccc2c(c1)c1ccccc1n2CC. The van der Waals surface area contributed by atoms with Gasteiger partial charge in [-0.3, -0.25) is 4.79 Å². The van der Waals surface area contributed by atoms with Crippen molar-refractivity contribution in [2.45, 2.75) is 27.3 Å². The van der Waals surface area contributed by atoms with E-state index in [1.165, 1.54) is 21.8 Å². The van der Waals surface area contributed by atoms with Gasteiger partial charge >= 0.3 is 0 Å². The Balaban J connectivity index is 2.31. The van der Waals surface area contributed by atoms with E-state index in [4.69, 9.17) is 0 Å². The molecule has 0 N–H and O–H groups in total. The average Bonchev–Trinajstić information content (AvgIpc) is 2.81. The van der Waals surface area contributed by atoms with Crippen molar-refractivity contribution in [3.05, 3.63) is 42.5 Å². The second-order valence-electron chi connectivity index (χ2n) is 5.23. The number of aromatic nitrogens is 1. The number of carbonyl (C=O) groups excluding carboxylic acids is 1. The van der Waals surface area contributed by atoms with Crippen molar-refractivity contribution in [2.24, 2.45) is 0 Å². The van der Waals surface area contributed by atoms with Crippen molar-refractivity contribution < 1.29 is 4.79 Å². The van der Waals surface area contributed by atoms with E-state index in [9.17, 15) is 4.79 Å². The Labute approximate surface area is 124 Å². The van der Waals surface area contributed by atoms with Gasteiger partial charge in [0, 0.05) is 47.5 Å². The molecule has 0 unspecified atom stereocenters. The summed E-state index contributed by atoms with van der Waals surface area (Å²) in [5, 5.41) is 2.46. The number of carbonyl (C=O) groups is 1. The van der Waals surface area contributed by atoms with Gasteiger partial charge in [-0.25, -0.2) is 0 Å². The van der Waals surface area contributed by atoms with Crippen molar-refractivity contribution >= 4 is 33.4 Å². The maximum atomic E-state index is 11.8. The Morgan fingerprint density at radius 2 is 1.76 bits per heavy atom. The van der Waals surface area contributed by atoms with Crippen molar-refractivity contribution in [3.8, 4) is 0 Å². The summed E-state index contributed by atoms with van der Waals surface area (Å²) in [7, 11) is 0.